The van der Waals surface area contributed by atoms with Gasteiger partial charge in [0, 0.05) is 13.5 Å². The average Bonchev–Trinajstić information content (AvgIpc) is 2.45. The minimum absolute atomic E-state index is 0.557. The van der Waals surface area contributed by atoms with Crippen molar-refractivity contribution in [2.24, 2.45) is 5.92 Å². The van der Waals surface area contributed by atoms with Crippen LogP contribution >= 0.6 is 0 Å². The Hall–Kier alpha value is -1.27. The number of alkyl halides is 3. The number of carboxylic acid groups (broad SMARTS) is 1. The fraction of sp³-hybridized carbons (Fsp3) is 0.750. The third-order valence-electron chi connectivity index (χ3n) is 2.45. The van der Waals surface area contributed by atoms with Gasteiger partial charge in [0.25, 0.3) is 0 Å². The number of hydrogen-bond donors (Lipinski definition) is 1. The first-order valence-corrected chi connectivity index (χ1v) is 4.30. The van der Waals surface area contributed by atoms with Crippen LogP contribution in [0.4, 0.5) is 13.2 Å². The molecule has 4 nitrogen and oxygen atoms in total. The normalized spacial score (nSPS) is 26.8. The zero-order chi connectivity index (χ0) is 11.8. The second-order valence-electron chi connectivity index (χ2n) is 3.50. The molecule has 1 heterocycles. The van der Waals surface area contributed by atoms with Crippen LogP contribution < -0.4 is 0 Å². The molecular weight excluding hydrogens is 215 g/mol. The summed E-state index contributed by atoms with van der Waals surface area (Å²) in [6.45, 7) is 0.504. The topological polar surface area (TPSA) is 57.6 Å². The number of halogens is 3. The van der Waals surface area contributed by atoms with Gasteiger partial charge >= 0.3 is 12.1 Å². The van der Waals surface area contributed by atoms with Crippen LogP contribution in [0.3, 0.4) is 0 Å². The number of aliphatic carboxylic acids is 1. The summed E-state index contributed by atoms with van der Waals surface area (Å²) in [6.07, 6.45) is -5.00. The first kappa shape index (κ1) is 11.8. The molecule has 0 spiro atoms. The highest BCUT2D eigenvalue weighted by Gasteiger charge is 2.50. The van der Waals surface area contributed by atoms with Crippen LogP contribution in [0, 0.1) is 5.92 Å². The van der Waals surface area contributed by atoms with Gasteiger partial charge in [-0.25, -0.2) is 4.79 Å². The van der Waals surface area contributed by atoms with Crippen LogP contribution in [0.25, 0.3) is 0 Å². The maximum Gasteiger partial charge on any atom is 0.393 e. The molecule has 0 aliphatic carbocycles. The maximum atomic E-state index is 12.3. The van der Waals surface area contributed by atoms with Crippen LogP contribution in [-0.4, -0.2) is 40.6 Å². The van der Waals surface area contributed by atoms with Crippen molar-refractivity contribution >= 4 is 11.9 Å². The van der Waals surface area contributed by atoms with Crippen molar-refractivity contribution in [3.05, 3.63) is 0 Å². The van der Waals surface area contributed by atoms with Gasteiger partial charge in [-0.05, 0) is 6.42 Å². The lowest BCUT2D eigenvalue weighted by Crippen LogP contribution is -2.39. The highest BCUT2D eigenvalue weighted by Crippen LogP contribution is 2.36. The average molecular weight is 225 g/mol. The van der Waals surface area contributed by atoms with Gasteiger partial charge in [-0.15, -0.1) is 0 Å². The number of rotatable bonds is 1. The monoisotopic (exact) mass is 225 g/mol. The Kier molecular flexibility index (Phi) is 2.92. The van der Waals surface area contributed by atoms with E-state index in [0.29, 0.717) is 0 Å². The SMILES string of the molecule is CC(=O)N1C[C@@H](C(F)(F)F)CC1C(=O)O. The predicted octanol–water partition coefficient (Wildman–Crippen LogP) is 0.870. The second-order valence-corrected chi connectivity index (χ2v) is 3.50. The lowest BCUT2D eigenvalue weighted by molar-refractivity contribution is -0.171. The Morgan fingerprint density at radius 2 is 1.93 bits per heavy atom. The minimum atomic E-state index is -4.45. The molecule has 0 aromatic carbocycles. The molecule has 2 atom stereocenters. The van der Waals surface area contributed by atoms with E-state index in [4.69, 9.17) is 5.11 Å². The molecule has 0 saturated carbocycles. The third kappa shape index (κ3) is 2.40. The van der Waals surface area contributed by atoms with Crippen molar-refractivity contribution < 1.29 is 27.9 Å². The molecule has 7 heteroatoms. The molecule has 1 N–H and O–H groups in total. The lowest BCUT2D eigenvalue weighted by Gasteiger charge is -2.19. The number of likely N-dealkylation sites (tertiary alicyclic amines) is 1. The van der Waals surface area contributed by atoms with E-state index in [0.717, 1.165) is 11.8 Å². The van der Waals surface area contributed by atoms with Crippen molar-refractivity contribution in [3.8, 4) is 0 Å². The second kappa shape index (κ2) is 3.71. The molecule has 0 aromatic heterocycles. The predicted molar refractivity (Wildman–Crippen MR) is 43.0 cm³/mol. The number of nitrogens with zero attached hydrogens (tertiary/aromatic N) is 1. The molecule has 15 heavy (non-hydrogen) atoms. The number of carbonyl (C=O) groups is 2. The molecular formula is C8H10F3NO3. The Labute approximate surface area is 83.7 Å². The molecule has 0 radical (unpaired) electrons. The van der Waals surface area contributed by atoms with Crippen molar-refractivity contribution in [2.75, 3.05) is 6.54 Å². The van der Waals surface area contributed by atoms with Gasteiger partial charge in [0.2, 0.25) is 5.91 Å². The summed E-state index contributed by atoms with van der Waals surface area (Å²) in [7, 11) is 0. The summed E-state index contributed by atoms with van der Waals surface area (Å²) >= 11 is 0. The molecule has 86 valence electrons. The Morgan fingerprint density at radius 3 is 2.20 bits per heavy atom. The standard InChI is InChI=1S/C8H10F3NO3/c1-4(13)12-3-5(8(9,10)11)2-6(12)7(14)15/h5-6H,2-3H2,1H3,(H,14,15)/t5-,6?/m0/s1. The van der Waals surface area contributed by atoms with Crippen molar-refractivity contribution in [1.29, 1.82) is 0 Å². The van der Waals surface area contributed by atoms with Crippen LogP contribution in [0.1, 0.15) is 13.3 Å². The Bertz CT molecular complexity index is 267. The summed E-state index contributed by atoms with van der Waals surface area (Å²) < 4.78 is 36.9. The third-order valence-corrected chi connectivity index (χ3v) is 2.45. The summed E-state index contributed by atoms with van der Waals surface area (Å²) in [5, 5.41) is 8.65. The van der Waals surface area contributed by atoms with E-state index in [9.17, 15) is 22.8 Å². The zero-order valence-electron chi connectivity index (χ0n) is 7.91. The van der Waals surface area contributed by atoms with Gasteiger partial charge in [0.1, 0.15) is 6.04 Å². The fourth-order valence-electron chi connectivity index (χ4n) is 1.66. The number of amides is 1. The smallest absolute Gasteiger partial charge is 0.393 e. The van der Waals surface area contributed by atoms with Gasteiger partial charge < -0.3 is 10.0 Å². The van der Waals surface area contributed by atoms with Gasteiger partial charge in [0.15, 0.2) is 0 Å². The first-order chi connectivity index (χ1) is 6.73. The van der Waals surface area contributed by atoms with E-state index >= 15 is 0 Å². The first-order valence-electron chi connectivity index (χ1n) is 4.30. The summed E-state index contributed by atoms with van der Waals surface area (Å²) in [6, 6.07) is -1.35. The van der Waals surface area contributed by atoms with Crippen molar-refractivity contribution in [1.82, 2.24) is 4.90 Å². The quantitative estimate of drug-likeness (QED) is 0.720. The van der Waals surface area contributed by atoms with Crippen LogP contribution in [0.5, 0.6) is 0 Å². The molecule has 0 aromatic rings. The number of carboxylic acids is 1. The van der Waals surface area contributed by atoms with E-state index < -0.39 is 43.0 Å². The highest BCUT2D eigenvalue weighted by atomic mass is 19.4. The molecule has 1 aliphatic heterocycles. The molecule has 1 amide bonds. The minimum Gasteiger partial charge on any atom is -0.480 e. The van der Waals surface area contributed by atoms with E-state index in [2.05, 4.69) is 0 Å². The molecule has 0 bridgehead atoms. The van der Waals surface area contributed by atoms with Gasteiger partial charge in [-0.3, -0.25) is 4.79 Å². The Balaban J connectivity index is 2.83. The van der Waals surface area contributed by atoms with Crippen molar-refractivity contribution in [2.45, 2.75) is 25.6 Å². The molecule has 1 rings (SSSR count). The highest BCUT2D eigenvalue weighted by molar-refractivity contribution is 5.83. The van der Waals surface area contributed by atoms with E-state index in [1.165, 1.54) is 0 Å². The largest absolute Gasteiger partial charge is 0.480 e. The molecule has 1 fully saturated rings. The van der Waals surface area contributed by atoms with Crippen molar-refractivity contribution in [3.63, 3.8) is 0 Å². The van der Waals surface area contributed by atoms with Gasteiger partial charge in [-0.1, -0.05) is 0 Å². The van der Waals surface area contributed by atoms with E-state index in [1.807, 2.05) is 0 Å². The van der Waals surface area contributed by atoms with Crippen LogP contribution in [-0.2, 0) is 9.59 Å². The molecule has 1 aliphatic rings. The van der Waals surface area contributed by atoms with Gasteiger partial charge in [0.05, 0.1) is 5.92 Å². The van der Waals surface area contributed by atoms with E-state index in [1.54, 1.807) is 0 Å². The maximum absolute atomic E-state index is 12.3. The summed E-state index contributed by atoms with van der Waals surface area (Å²) in [4.78, 5) is 22.3. The summed E-state index contributed by atoms with van der Waals surface area (Å²) in [5.41, 5.74) is 0. The van der Waals surface area contributed by atoms with Gasteiger partial charge in [-0.2, -0.15) is 13.2 Å². The Morgan fingerprint density at radius 1 is 1.40 bits per heavy atom. The molecule has 1 unspecified atom stereocenters. The lowest BCUT2D eigenvalue weighted by atomic mass is 10.1. The van der Waals surface area contributed by atoms with Crippen LogP contribution in [0.2, 0.25) is 0 Å². The summed E-state index contributed by atoms with van der Waals surface area (Å²) in [5.74, 6) is -3.77. The van der Waals surface area contributed by atoms with Crippen LogP contribution in [0.15, 0.2) is 0 Å². The fourth-order valence-corrected chi connectivity index (χ4v) is 1.66. The van der Waals surface area contributed by atoms with E-state index in [-0.39, 0.29) is 0 Å². The zero-order valence-corrected chi connectivity index (χ0v) is 7.91. The number of hydrogen-bond acceptors (Lipinski definition) is 2. The number of carbonyl (C=O) groups excluding carboxylic acids is 1. The molecule has 1 saturated heterocycles.